The number of rotatable bonds is 2. The molecular formula is C14H23N5. The molecule has 0 atom stereocenters. The number of hydrazine groups is 1. The molecule has 19 heavy (non-hydrogen) atoms. The van der Waals surface area contributed by atoms with Crippen LogP contribution in [0.3, 0.4) is 0 Å². The minimum atomic E-state index is 1.04. The molecule has 1 aliphatic heterocycles. The van der Waals surface area contributed by atoms with Crippen molar-refractivity contribution < 1.29 is 0 Å². The van der Waals surface area contributed by atoms with Crippen LogP contribution in [-0.4, -0.2) is 53.1 Å². The standard InChI is InChI=1S/C14H23N5/c1-18-7-9-19(10-8-18)17-14-12-5-3-2-4-6-13(12)15-11-16-14/h11H,2-10H2,1H3,(H,15,16,17). The molecule has 0 spiro atoms. The van der Waals surface area contributed by atoms with Crippen LogP contribution in [0.4, 0.5) is 5.82 Å². The average molecular weight is 261 g/mol. The van der Waals surface area contributed by atoms with Gasteiger partial charge in [0.1, 0.15) is 12.1 Å². The van der Waals surface area contributed by atoms with Gasteiger partial charge in [0.15, 0.2) is 0 Å². The van der Waals surface area contributed by atoms with E-state index in [0.717, 1.165) is 44.8 Å². The van der Waals surface area contributed by atoms with E-state index in [9.17, 15) is 0 Å². The van der Waals surface area contributed by atoms with Gasteiger partial charge in [-0.25, -0.2) is 15.0 Å². The predicted octanol–water partition coefficient (Wildman–Crippen LogP) is 1.32. The van der Waals surface area contributed by atoms with Crippen molar-refractivity contribution in [1.29, 1.82) is 0 Å². The number of hydrogen-bond acceptors (Lipinski definition) is 5. The first kappa shape index (κ1) is 12.8. The van der Waals surface area contributed by atoms with Crippen molar-refractivity contribution in [3.8, 4) is 0 Å². The van der Waals surface area contributed by atoms with Gasteiger partial charge in [-0.1, -0.05) is 6.42 Å². The molecule has 2 aliphatic rings. The molecule has 0 amide bonds. The molecule has 1 aromatic rings. The normalized spacial score (nSPS) is 21.7. The van der Waals surface area contributed by atoms with Crippen molar-refractivity contribution in [2.24, 2.45) is 0 Å². The molecule has 3 rings (SSSR count). The highest BCUT2D eigenvalue weighted by Crippen LogP contribution is 2.24. The Balaban J connectivity index is 1.74. The first-order valence-corrected chi connectivity index (χ1v) is 7.36. The average Bonchev–Trinajstić information content (AvgIpc) is 2.67. The lowest BCUT2D eigenvalue weighted by atomic mass is 10.1. The minimum Gasteiger partial charge on any atom is -0.304 e. The van der Waals surface area contributed by atoms with Crippen molar-refractivity contribution in [2.75, 3.05) is 38.7 Å². The third kappa shape index (κ3) is 3.04. The fourth-order valence-corrected chi connectivity index (χ4v) is 2.86. The lowest BCUT2D eigenvalue weighted by Crippen LogP contribution is -2.47. The van der Waals surface area contributed by atoms with Crippen molar-refractivity contribution >= 4 is 5.82 Å². The van der Waals surface area contributed by atoms with E-state index in [1.54, 1.807) is 6.33 Å². The maximum Gasteiger partial charge on any atom is 0.147 e. The third-order valence-corrected chi connectivity index (χ3v) is 4.14. The highest BCUT2D eigenvalue weighted by molar-refractivity contribution is 5.45. The van der Waals surface area contributed by atoms with Crippen LogP contribution in [0.5, 0.6) is 0 Å². The monoisotopic (exact) mass is 261 g/mol. The van der Waals surface area contributed by atoms with Crippen molar-refractivity contribution in [3.63, 3.8) is 0 Å². The van der Waals surface area contributed by atoms with Crippen molar-refractivity contribution in [3.05, 3.63) is 17.6 Å². The highest BCUT2D eigenvalue weighted by atomic mass is 15.5. The molecular weight excluding hydrogens is 238 g/mol. The molecule has 0 saturated carbocycles. The van der Waals surface area contributed by atoms with Crippen LogP contribution < -0.4 is 5.43 Å². The van der Waals surface area contributed by atoms with E-state index in [-0.39, 0.29) is 0 Å². The summed E-state index contributed by atoms with van der Waals surface area (Å²) in [7, 11) is 2.17. The lowest BCUT2D eigenvalue weighted by molar-refractivity contribution is 0.178. The van der Waals surface area contributed by atoms with Gasteiger partial charge in [0.05, 0.1) is 0 Å². The number of aryl methyl sites for hydroxylation is 1. The molecule has 5 nitrogen and oxygen atoms in total. The van der Waals surface area contributed by atoms with E-state index in [1.807, 2.05) is 0 Å². The van der Waals surface area contributed by atoms with Gasteiger partial charge >= 0.3 is 0 Å². The Labute approximate surface area is 115 Å². The number of nitrogens with zero attached hydrogens (tertiary/aromatic N) is 4. The Hall–Kier alpha value is -1.20. The molecule has 0 radical (unpaired) electrons. The predicted molar refractivity (Wildman–Crippen MR) is 76.0 cm³/mol. The summed E-state index contributed by atoms with van der Waals surface area (Å²) in [6.07, 6.45) is 7.77. The van der Waals surface area contributed by atoms with Gasteiger partial charge in [-0.05, 0) is 32.7 Å². The number of nitrogens with one attached hydrogen (secondary N) is 1. The first-order chi connectivity index (χ1) is 9.33. The smallest absolute Gasteiger partial charge is 0.147 e. The summed E-state index contributed by atoms with van der Waals surface area (Å²) < 4.78 is 0. The number of hydrogen-bond donors (Lipinski definition) is 1. The van der Waals surface area contributed by atoms with E-state index in [4.69, 9.17) is 0 Å². The maximum atomic E-state index is 4.47. The summed E-state index contributed by atoms with van der Waals surface area (Å²) in [6.45, 7) is 4.32. The molecule has 5 heteroatoms. The van der Waals surface area contributed by atoms with Gasteiger partial charge in [0.25, 0.3) is 0 Å². The molecule has 0 bridgehead atoms. The highest BCUT2D eigenvalue weighted by Gasteiger charge is 2.18. The third-order valence-electron chi connectivity index (χ3n) is 4.14. The van der Waals surface area contributed by atoms with E-state index in [1.165, 1.54) is 30.5 Å². The maximum absolute atomic E-state index is 4.47. The summed E-state index contributed by atoms with van der Waals surface area (Å²) in [5, 5.41) is 2.29. The second kappa shape index (κ2) is 5.84. The number of fused-ring (bicyclic) bond motifs is 1. The Morgan fingerprint density at radius 3 is 2.63 bits per heavy atom. The molecule has 2 heterocycles. The molecule has 1 aromatic heterocycles. The van der Waals surface area contributed by atoms with E-state index in [2.05, 4.69) is 32.4 Å². The fourth-order valence-electron chi connectivity index (χ4n) is 2.86. The first-order valence-electron chi connectivity index (χ1n) is 7.36. The molecule has 0 unspecified atom stereocenters. The van der Waals surface area contributed by atoms with Crippen LogP contribution in [0.15, 0.2) is 6.33 Å². The fraction of sp³-hybridized carbons (Fsp3) is 0.714. The SMILES string of the molecule is CN1CCN(Nc2ncnc3c2CCCCC3)CC1. The Kier molecular flexibility index (Phi) is 3.94. The minimum absolute atomic E-state index is 1.04. The van der Waals surface area contributed by atoms with Crippen LogP contribution in [0.25, 0.3) is 0 Å². The summed E-state index contributed by atoms with van der Waals surface area (Å²) in [6, 6.07) is 0. The van der Waals surface area contributed by atoms with Gasteiger partial charge < -0.3 is 10.3 Å². The van der Waals surface area contributed by atoms with Gasteiger partial charge in [-0.3, -0.25) is 0 Å². The van der Waals surface area contributed by atoms with Gasteiger partial charge in [0, 0.05) is 37.4 Å². The zero-order valence-electron chi connectivity index (χ0n) is 11.7. The van der Waals surface area contributed by atoms with E-state index in [0.29, 0.717) is 0 Å². The molecule has 1 saturated heterocycles. The number of aromatic nitrogens is 2. The van der Waals surface area contributed by atoms with E-state index < -0.39 is 0 Å². The summed E-state index contributed by atoms with van der Waals surface area (Å²) in [5.74, 6) is 1.04. The lowest BCUT2D eigenvalue weighted by Gasteiger charge is -2.33. The molecule has 0 aromatic carbocycles. The quantitative estimate of drug-likeness (QED) is 0.814. The van der Waals surface area contributed by atoms with E-state index >= 15 is 0 Å². The van der Waals surface area contributed by atoms with Crippen LogP contribution in [0.1, 0.15) is 30.5 Å². The Morgan fingerprint density at radius 2 is 1.79 bits per heavy atom. The molecule has 104 valence electrons. The van der Waals surface area contributed by atoms with Gasteiger partial charge in [0.2, 0.25) is 0 Å². The van der Waals surface area contributed by atoms with Crippen molar-refractivity contribution in [1.82, 2.24) is 19.9 Å². The second-order valence-electron chi connectivity index (χ2n) is 5.61. The zero-order chi connectivity index (χ0) is 13.1. The summed E-state index contributed by atoms with van der Waals surface area (Å²) in [4.78, 5) is 11.3. The summed E-state index contributed by atoms with van der Waals surface area (Å²) in [5.41, 5.74) is 6.11. The van der Waals surface area contributed by atoms with Crippen molar-refractivity contribution in [2.45, 2.75) is 32.1 Å². The topological polar surface area (TPSA) is 44.3 Å². The Morgan fingerprint density at radius 1 is 1.00 bits per heavy atom. The van der Waals surface area contributed by atoms with Crippen LogP contribution in [-0.2, 0) is 12.8 Å². The van der Waals surface area contributed by atoms with Crippen LogP contribution in [0.2, 0.25) is 0 Å². The van der Waals surface area contributed by atoms with Crippen LogP contribution >= 0.6 is 0 Å². The number of likely N-dealkylation sites (N-methyl/N-ethyl adjacent to an activating group) is 1. The molecule has 1 aliphatic carbocycles. The summed E-state index contributed by atoms with van der Waals surface area (Å²) >= 11 is 0. The number of piperazine rings is 1. The second-order valence-corrected chi connectivity index (χ2v) is 5.61. The van der Waals surface area contributed by atoms with Crippen LogP contribution in [0, 0.1) is 0 Å². The van der Waals surface area contributed by atoms with Gasteiger partial charge in [-0.15, -0.1) is 0 Å². The zero-order valence-corrected chi connectivity index (χ0v) is 11.7. The molecule has 1 N–H and O–H groups in total. The largest absolute Gasteiger partial charge is 0.304 e. The molecule has 1 fully saturated rings. The van der Waals surface area contributed by atoms with Gasteiger partial charge in [-0.2, -0.15) is 0 Å². The number of anilines is 1. The Bertz CT molecular complexity index is 426.